The molecule has 0 saturated carbocycles. The second-order valence-electron chi connectivity index (χ2n) is 6.22. The lowest BCUT2D eigenvalue weighted by Crippen LogP contribution is -2.21. The number of furan rings is 1. The summed E-state index contributed by atoms with van der Waals surface area (Å²) in [7, 11) is 0. The average molecular weight is 385 g/mol. The number of aromatic nitrogens is 2. The maximum Gasteiger partial charge on any atom is 0.257 e. The van der Waals surface area contributed by atoms with Gasteiger partial charge >= 0.3 is 0 Å². The Morgan fingerprint density at radius 2 is 2.22 bits per heavy atom. The predicted octanol–water partition coefficient (Wildman–Crippen LogP) is 3.86. The molecule has 1 aliphatic rings. The second-order valence-corrected chi connectivity index (χ2v) is 7.08. The highest BCUT2D eigenvalue weighted by molar-refractivity contribution is 7.14. The number of rotatable bonds is 6. The minimum Gasteiger partial charge on any atom is -0.477 e. The summed E-state index contributed by atoms with van der Waals surface area (Å²) in [4.78, 5) is 21.1. The van der Waals surface area contributed by atoms with Crippen LogP contribution in [0.5, 0.6) is 5.88 Å². The monoisotopic (exact) mass is 385 g/mol. The highest BCUT2D eigenvalue weighted by atomic mass is 32.1. The van der Waals surface area contributed by atoms with Gasteiger partial charge in [0.05, 0.1) is 12.9 Å². The van der Waals surface area contributed by atoms with Crippen molar-refractivity contribution in [2.24, 2.45) is 5.92 Å². The van der Waals surface area contributed by atoms with E-state index in [1.54, 1.807) is 30.7 Å². The highest BCUT2D eigenvalue weighted by Gasteiger charge is 2.16. The molecule has 7 nitrogen and oxygen atoms in total. The van der Waals surface area contributed by atoms with Gasteiger partial charge in [-0.1, -0.05) is 0 Å². The van der Waals surface area contributed by atoms with Crippen LogP contribution in [0.25, 0.3) is 11.5 Å². The third-order valence-electron chi connectivity index (χ3n) is 4.30. The third-order valence-corrected chi connectivity index (χ3v) is 5.06. The lowest BCUT2D eigenvalue weighted by molar-refractivity contribution is 0.0490. The molecule has 0 atom stereocenters. The van der Waals surface area contributed by atoms with Crippen LogP contribution in [0.3, 0.4) is 0 Å². The summed E-state index contributed by atoms with van der Waals surface area (Å²) >= 11 is 1.34. The van der Waals surface area contributed by atoms with E-state index in [0.29, 0.717) is 40.6 Å². The van der Waals surface area contributed by atoms with Crippen molar-refractivity contribution in [1.82, 2.24) is 9.97 Å². The molecule has 0 radical (unpaired) electrons. The summed E-state index contributed by atoms with van der Waals surface area (Å²) in [5.74, 6) is 1.33. The maximum absolute atomic E-state index is 12.5. The molecule has 8 heteroatoms. The van der Waals surface area contributed by atoms with E-state index in [4.69, 9.17) is 13.9 Å². The van der Waals surface area contributed by atoms with E-state index in [2.05, 4.69) is 15.3 Å². The third kappa shape index (κ3) is 4.53. The van der Waals surface area contributed by atoms with Gasteiger partial charge in [0.2, 0.25) is 5.88 Å². The van der Waals surface area contributed by atoms with Crippen molar-refractivity contribution in [3.05, 3.63) is 47.7 Å². The number of pyridine rings is 1. The molecule has 0 bridgehead atoms. The van der Waals surface area contributed by atoms with E-state index in [1.807, 2.05) is 11.4 Å². The first-order chi connectivity index (χ1) is 13.3. The SMILES string of the molecule is O=C(Nc1nc(-c2ccco2)cs1)c1ccnc(OCC2CCOCC2)c1. The molecule has 27 heavy (non-hydrogen) atoms. The number of carbonyl (C=O) groups is 1. The molecule has 1 saturated heterocycles. The van der Waals surface area contributed by atoms with Crippen LogP contribution in [-0.2, 0) is 4.74 Å². The van der Waals surface area contributed by atoms with Crippen molar-refractivity contribution in [2.45, 2.75) is 12.8 Å². The van der Waals surface area contributed by atoms with Crippen LogP contribution in [0.1, 0.15) is 23.2 Å². The number of nitrogens with zero attached hydrogens (tertiary/aromatic N) is 2. The summed E-state index contributed by atoms with van der Waals surface area (Å²) in [6.45, 7) is 2.13. The lowest BCUT2D eigenvalue weighted by Gasteiger charge is -2.21. The zero-order chi connectivity index (χ0) is 18.5. The predicted molar refractivity (Wildman–Crippen MR) is 101 cm³/mol. The van der Waals surface area contributed by atoms with Gasteiger partial charge in [0.25, 0.3) is 5.91 Å². The summed E-state index contributed by atoms with van der Waals surface area (Å²) in [6.07, 6.45) is 5.14. The molecular formula is C19H19N3O4S. The molecule has 4 heterocycles. The number of anilines is 1. The van der Waals surface area contributed by atoms with Gasteiger partial charge in [0.1, 0.15) is 5.69 Å². The fourth-order valence-corrected chi connectivity index (χ4v) is 3.48. The number of amides is 1. The first-order valence-electron chi connectivity index (χ1n) is 8.75. The van der Waals surface area contributed by atoms with E-state index < -0.39 is 0 Å². The van der Waals surface area contributed by atoms with Crippen molar-refractivity contribution in [2.75, 3.05) is 25.1 Å². The van der Waals surface area contributed by atoms with Crippen LogP contribution in [0, 0.1) is 5.92 Å². The van der Waals surface area contributed by atoms with Gasteiger partial charge in [0.15, 0.2) is 10.9 Å². The highest BCUT2D eigenvalue weighted by Crippen LogP contribution is 2.25. The topological polar surface area (TPSA) is 86.5 Å². The van der Waals surface area contributed by atoms with Gasteiger partial charge in [-0.3, -0.25) is 10.1 Å². The maximum atomic E-state index is 12.5. The van der Waals surface area contributed by atoms with E-state index in [9.17, 15) is 4.79 Å². The van der Waals surface area contributed by atoms with E-state index in [-0.39, 0.29) is 5.91 Å². The number of hydrogen-bond acceptors (Lipinski definition) is 7. The van der Waals surface area contributed by atoms with E-state index in [1.165, 1.54) is 11.3 Å². The zero-order valence-electron chi connectivity index (χ0n) is 14.6. The van der Waals surface area contributed by atoms with E-state index >= 15 is 0 Å². The minimum atomic E-state index is -0.256. The van der Waals surface area contributed by atoms with Crippen LogP contribution >= 0.6 is 11.3 Å². The first-order valence-corrected chi connectivity index (χ1v) is 9.63. The number of nitrogens with one attached hydrogen (secondary N) is 1. The summed E-state index contributed by atoms with van der Waals surface area (Å²) < 4.78 is 16.4. The Bertz CT molecular complexity index is 888. The smallest absolute Gasteiger partial charge is 0.257 e. The molecule has 3 aromatic heterocycles. The Kier molecular flexibility index (Phi) is 5.45. The van der Waals surface area contributed by atoms with Crippen molar-refractivity contribution >= 4 is 22.4 Å². The molecule has 1 fully saturated rings. The van der Waals surface area contributed by atoms with Gasteiger partial charge in [-0.25, -0.2) is 9.97 Å². The minimum absolute atomic E-state index is 0.256. The fraction of sp³-hybridized carbons (Fsp3) is 0.316. The van der Waals surface area contributed by atoms with Crippen LogP contribution in [-0.4, -0.2) is 35.7 Å². The van der Waals surface area contributed by atoms with Crippen molar-refractivity contribution in [3.63, 3.8) is 0 Å². The molecule has 3 aromatic rings. The van der Waals surface area contributed by atoms with Crippen LogP contribution in [0.2, 0.25) is 0 Å². The Morgan fingerprint density at radius 3 is 3.04 bits per heavy atom. The quantitative estimate of drug-likeness (QED) is 0.693. The Labute approximate surface area is 160 Å². The van der Waals surface area contributed by atoms with Gasteiger partial charge in [0, 0.05) is 36.4 Å². The zero-order valence-corrected chi connectivity index (χ0v) is 15.4. The van der Waals surface area contributed by atoms with Gasteiger partial charge in [-0.15, -0.1) is 11.3 Å². The average Bonchev–Trinajstić information content (AvgIpc) is 3.39. The molecular weight excluding hydrogens is 366 g/mol. The second kappa shape index (κ2) is 8.32. The normalized spacial score (nSPS) is 14.8. The Balaban J connectivity index is 1.37. The van der Waals surface area contributed by atoms with Gasteiger partial charge < -0.3 is 13.9 Å². The van der Waals surface area contributed by atoms with E-state index in [0.717, 1.165) is 26.1 Å². The largest absolute Gasteiger partial charge is 0.477 e. The Morgan fingerprint density at radius 1 is 1.33 bits per heavy atom. The fourth-order valence-electron chi connectivity index (χ4n) is 2.78. The molecule has 140 valence electrons. The summed E-state index contributed by atoms with van der Waals surface area (Å²) in [6, 6.07) is 6.92. The lowest BCUT2D eigenvalue weighted by atomic mass is 10.0. The molecule has 1 N–H and O–H groups in total. The molecule has 4 rings (SSSR count). The molecule has 1 amide bonds. The van der Waals surface area contributed by atoms with Gasteiger partial charge in [-0.2, -0.15) is 0 Å². The first kappa shape index (κ1) is 17.7. The summed E-state index contributed by atoms with van der Waals surface area (Å²) in [5.41, 5.74) is 1.16. The van der Waals surface area contributed by atoms with Gasteiger partial charge in [-0.05, 0) is 37.0 Å². The number of hydrogen-bond donors (Lipinski definition) is 1. The Hall–Kier alpha value is -2.71. The molecule has 0 aromatic carbocycles. The molecule has 0 spiro atoms. The summed E-state index contributed by atoms with van der Waals surface area (Å²) in [5, 5.41) is 5.14. The number of ether oxygens (including phenoxy) is 2. The standard InChI is InChI=1S/C19H19N3O4S/c23-18(22-19-21-15(12-27-19)16-2-1-7-25-16)14-3-6-20-17(10-14)26-11-13-4-8-24-9-5-13/h1-3,6-7,10,12-13H,4-5,8-9,11H2,(H,21,22,23). The van der Waals surface area contributed by atoms with Crippen molar-refractivity contribution < 1.29 is 18.7 Å². The van der Waals surface area contributed by atoms with Crippen LogP contribution in [0.15, 0.2) is 46.5 Å². The molecule has 0 aliphatic carbocycles. The molecule has 0 unspecified atom stereocenters. The van der Waals surface area contributed by atoms with Crippen molar-refractivity contribution in [3.8, 4) is 17.3 Å². The van der Waals surface area contributed by atoms with Crippen LogP contribution in [0.4, 0.5) is 5.13 Å². The number of thiazole rings is 1. The molecule has 1 aliphatic heterocycles. The van der Waals surface area contributed by atoms with Crippen molar-refractivity contribution in [1.29, 1.82) is 0 Å². The number of carbonyl (C=O) groups excluding carboxylic acids is 1. The van der Waals surface area contributed by atoms with Crippen LogP contribution < -0.4 is 10.1 Å².